The van der Waals surface area contributed by atoms with Crippen LogP contribution in [0.25, 0.3) is 0 Å². The summed E-state index contributed by atoms with van der Waals surface area (Å²) in [6.45, 7) is 7.01. The van der Waals surface area contributed by atoms with Gasteiger partial charge in [0.2, 0.25) is 0 Å². The molecule has 2 N–H and O–H groups in total. The maximum atomic E-state index is 5.53. The van der Waals surface area contributed by atoms with E-state index in [0.29, 0.717) is 12.5 Å². The molecule has 0 saturated carbocycles. The zero-order valence-corrected chi connectivity index (χ0v) is 7.34. The van der Waals surface area contributed by atoms with Gasteiger partial charge in [0.1, 0.15) is 0 Å². The molecule has 2 nitrogen and oxygen atoms in total. The lowest BCUT2D eigenvalue weighted by molar-refractivity contribution is 0.230. The Morgan fingerprint density at radius 2 is 2.45 bits per heavy atom. The van der Waals surface area contributed by atoms with Gasteiger partial charge in [0.25, 0.3) is 0 Å². The summed E-state index contributed by atoms with van der Waals surface area (Å²) in [6, 6.07) is 0. The normalized spacial score (nSPS) is 26.9. The van der Waals surface area contributed by atoms with E-state index in [9.17, 15) is 0 Å². The number of rotatable bonds is 2. The van der Waals surface area contributed by atoms with E-state index in [2.05, 4.69) is 18.5 Å². The second-order valence-corrected chi connectivity index (χ2v) is 3.46. The summed E-state index contributed by atoms with van der Waals surface area (Å²) >= 11 is 0. The van der Waals surface area contributed by atoms with Gasteiger partial charge in [-0.05, 0) is 32.4 Å². The maximum Gasteiger partial charge on any atom is 0.0137 e. The largest absolute Gasteiger partial charge is 0.327 e. The molecule has 0 aromatic carbocycles. The minimum atomic E-state index is 0.651. The Morgan fingerprint density at radius 3 is 3.00 bits per heavy atom. The summed E-state index contributed by atoms with van der Waals surface area (Å²) in [6.07, 6.45) is 2.57. The first-order valence-electron chi connectivity index (χ1n) is 4.30. The zero-order chi connectivity index (χ0) is 8.27. The minimum absolute atomic E-state index is 0.651. The molecule has 11 heavy (non-hydrogen) atoms. The lowest BCUT2D eigenvalue weighted by Gasteiger charge is -2.30. The van der Waals surface area contributed by atoms with Crippen LogP contribution < -0.4 is 5.73 Å². The Kier molecular flexibility index (Phi) is 3.09. The summed E-state index contributed by atoms with van der Waals surface area (Å²) < 4.78 is 0. The van der Waals surface area contributed by atoms with Gasteiger partial charge in [-0.3, -0.25) is 0 Å². The van der Waals surface area contributed by atoms with E-state index >= 15 is 0 Å². The molecule has 0 amide bonds. The standard InChI is InChI=1S/C9H18N2/c1-8(6-10)9-4-3-5-11(2)7-9/h9H,1,3-7,10H2,2H3. The quantitative estimate of drug-likeness (QED) is 0.597. The highest BCUT2D eigenvalue weighted by Gasteiger charge is 2.18. The highest BCUT2D eigenvalue weighted by Crippen LogP contribution is 2.20. The molecule has 0 aromatic rings. The third kappa shape index (κ3) is 2.31. The second-order valence-electron chi connectivity index (χ2n) is 3.46. The lowest BCUT2D eigenvalue weighted by atomic mass is 9.92. The van der Waals surface area contributed by atoms with Crippen molar-refractivity contribution in [3.63, 3.8) is 0 Å². The molecule has 1 fully saturated rings. The summed E-state index contributed by atoms with van der Waals surface area (Å²) in [5, 5.41) is 0. The molecule has 0 radical (unpaired) electrons. The molecule has 64 valence electrons. The van der Waals surface area contributed by atoms with Crippen molar-refractivity contribution in [3.05, 3.63) is 12.2 Å². The Labute approximate surface area is 69.1 Å². The molecular weight excluding hydrogens is 136 g/mol. The van der Waals surface area contributed by atoms with Crippen LogP contribution in [0, 0.1) is 5.92 Å². The van der Waals surface area contributed by atoms with E-state index < -0.39 is 0 Å². The zero-order valence-electron chi connectivity index (χ0n) is 7.34. The number of likely N-dealkylation sites (tertiary alicyclic amines) is 1. The van der Waals surface area contributed by atoms with Gasteiger partial charge < -0.3 is 10.6 Å². The molecule has 0 aliphatic carbocycles. The van der Waals surface area contributed by atoms with Crippen LogP contribution in [0.1, 0.15) is 12.8 Å². The molecule has 0 bridgehead atoms. The van der Waals surface area contributed by atoms with Crippen molar-refractivity contribution < 1.29 is 0 Å². The molecule has 1 saturated heterocycles. The van der Waals surface area contributed by atoms with Gasteiger partial charge in [-0.2, -0.15) is 0 Å². The number of nitrogens with two attached hydrogens (primary N) is 1. The number of piperidine rings is 1. The fourth-order valence-electron chi connectivity index (χ4n) is 1.67. The van der Waals surface area contributed by atoms with Gasteiger partial charge in [0.05, 0.1) is 0 Å². The molecular formula is C9H18N2. The molecule has 1 rings (SSSR count). The second kappa shape index (κ2) is 3.88. The van der Waals surface area contributed by atoms with Crippen LogP contribution in [0.3, 0.4) is 0 Å². The SMILES string of the molecule is C=C(CN)C1CCCN(C)C1. The fraction of sp³-hybridized carbons (Fsp3) is 0.778. The summed E-state index contributed by atoms with van der Waals surface area (Å²) in [4.78, 5) is 2.36. The first-order chi connectivity index (χ1) is 5.24. The first kappa shape index (κ1) is 8.75. The van der Waals surface area contributed by atoms with Crippen LogP contribution in [0.4, 0.5) is 0 Å². The Hall–Kier alpha value is -0.340. The summed E-state index contributed by atoms with van der Waals surface area (Å²) in [7, 11) is 2.16. The van der Waals surface area contributed by atoms with Crippen molar-refractivity contribution >= 4 is 0 Å². The average Bonchev–Trinajstić information content (AvgIpc) is 2.03. The molecule has 2 heteroatoms. The van der Waals surface area contributed by atoms with E-state index in [0.717, 1.165) is 6.54 Å². The van der Waals surface area contributed by atoms with E-state index in [1.54, 1.807) is 0 Å². The number of hydrogen-bond acceptors (Lipinski definition) is 2. The van der Waals surface area contributed by atoms with Gasteiger partial charge in [0.15, 0.2) is 0 Å². The van der Waals surface area contributed by atoms with Crippen LogP contribution >= 0.6 is 0 Å². The van der Waals surface area contributed by atoms with Crippen LogP contribution in [0.5, 0.6) is 0 Å². The van der Waals surface area contributed by atoms with E-state index in [4.69, 9.17) is 5.73 Å². The number of nitrogens with zero attached hydrogens (tertiary/aromatic N) is 1. The van der Waals surface area contributed by atoms with Crippen molar-refractivity contribution in [1.82, 2.24) is 4.90 Å². The van der Waals surface area contributed by atoms with E-state index in [1.165, 1.54) is 25.0 Å². The molecule has 1 heterocycles. The van der Waals surface area contributed by atoms with Crippen LogP contribution in [0.2, 0.25) is 0 Å². The molecule has 1 atom stereocenters. The molecule has 0 aromatic heterocycles. The fourth-order valence-corrected chi connectivity index (χ4v) is 1.67. The molecule has 1 aliphatic heterocycles. The lowest BCUT2D eigenvalue weighted by Crippen LogP contribution is -2.34. The molecule has 0 spiro atoms. The van der Waals surface area contributed by atoms with Gasteiger partial charge >= 0.3 is 0 Å². The van der Waals surface area contributed by atoms with Gasteiger partial charge in [-0.15, -0.1) is 0 Å². The van der Waals surface area contributed by atoms with Crippen LogP contribution in [-0.2, 0) is 0 Å². The van der Waals surface area contributed by atoms with Crippen molar-refractivity contribution in [2.45, 2.75) is 12.8 Å². The predicted octanol–water partition coefficient (Wildman–Crippen LogP) is 0.843. The predicted molar refractivity (Wildman–Crippen MR) is 48.4 cm³/mol. The van der Waals surface area contributed by atoms with Crippen LogP contribution in [0.15, 0.2) is 12.2 Å². The van der Waals surface area contributed by atoms with Crippen molar-refractivity contribution in [1.29, 1.82) is 0 Å². The van der Waals surface area contributed by atoms with Crippen LogP contribution in [-0.4, -0.2) is 31.6 Å². The average molecular weight is 154 g/mol. The molecule has 1 aliphatic rings. The van der Waals surface area contributed by atoms with Gasteiger partial charge in [0, 0.05) is 13.1 Å². The summed E-state index contributed by atoms with van der Waals surface area (Å²) in [5.41, 5.74) is 6.75. The highest BCUT2D eigenvalue weighted by atomic mass is 15.1. The smallest absolute Gasteiger partial charge is 0.0137 e. The molecule has 1 unspecified atom stereocenters. The third-order valence-corrected chi connectivity index (χ3v) is 2.46. The van der Waals surface area contributed by atoms with Gasteiger partial charge in [-0.1, -0.05) is 12.2 Å². The van der Waals surface area contributed by atoms with Crippen molar-refractivity contribution in [2.75, 3.05) is 26.7 Å². The first-order valence-corrected chi connectivity index (χ1v) is 4.30. The highest BCUT2D eigenvalue weighted by molar-refractivity contribution is 5.03. The van der Waals surface area contributed by atoms with E-state index in [-0.39, 0.29) is 0 Å². The Morgan fingerprint density at radius 1 is 1.73 bits per heavy atom. The topological polar surface area (TPSA) is 29.3 Å². The van der Waals surface area contributed by atoms with E-state index in [1.807, 2.05) is 0 Å². The summed E-state index contributed by atoms with van der Waals surface area (Å²) in [5.74, 6) is 0.652. The van der Waals surface area contributed by atoms with Crippen molar-refractivity contribution in [3.8, 4) is 0 Å². The van der Waals surface area contributed by atoms with Crippen molar-refractivity contribution in [2.24, 2.45) is 11.7 Å². The Bertz CT molecular complexity index is 142. The third-order valence-electron chi connectivity index (χ3n) is 2.46. The maximum absolute atomic E-state index is 5.53. The minimum Gasteiger partial charge on any atom is -0.327 e. The monoisotopic (exact) mass is 154 g/mol. The Balaban J connectivity index is 2.39. The van der Waals surface area contributed by atoms with Gasteiger partial charge in [-0.25, -0.2) is 0 Å². The number of hydrogen-bond donors (Lipinski definition) is 1.